The summed E-state index contributed by atoms with van der Waals surface area (Å²) in [6.07, 6.45) is 2.99. The number of pyridine rings is 1. The molecule has 1 aromatic heterocycles. The van der Waals surface area contributed by atoms with Crippen molar-refractivity contribution in [3.8, 4) is 0 Å². The van der Waals surface area contributed by atoms with Gasteiger partial charge in [0.05, 0.1) is 18.7 Å². The van der Waals surface area contributed by atoms with Crippen LogP contribution < -0.4 is 5.32 Å². The normalized spacial score (nSPS) is 10.9. The van der Waals surface area contributed by atoms with Gasteiger partial charge in [-0.2, -0.15) is 0 Å². The number of hydrogen-bond acceptors (Lipinski definition) is 3. The van der Waals surface area contributed by atoms with Crippen LogP contribution in [-0.4, -0.2) is 24.7 Å². The largest absolute Gasteiger partial charge is 0.375 e. The van der Waals surface area contributed by atoms with Gasteiger partial charge in [0.2, 0.25) is 0 Å². The minimum Gasteiger partial charge on any atom is -0.375 e. The molecule has 0 fully saturated rings. The van der Waals surface area contributed by atoms with Crippen molar-refractivity contribution >= 4 is 10.9 Å². The molecule has 0 radical (unpaired) electrons. The predicted octanol–water partition coefficient (Wildman–Crippen LogP) is 2.75. The van der Waals surface area contributed by atoms with Crippen molar-refractivity contribution in [3.05, 3.63) is 42.1 Å². The van der Waals surface area contributed by atoms with Gasteiger partial charge in [-0.05, 0) is 19.0 Å². The van der Waals surface area contributed by atoms with E-state index in [-0.39, 0.29) is 0 Å². The lowest BCUT2D eigenvalue weighted by atomic mass is 10.1. The fraction of sp³-hybridized carbons (Fsp3) is 0.400. The minimum atomic E-state index is 0.627. The first kappa shape index (κ1) is 13.0. The average Bonchev–Trinajstić information content (AvgIpc) is 2.43. The van der Waals surface area contributed by atoms with Crippen LogP contribution in [-0.2, 0) is 11.3 Å². The monoisotopic (exact) mass is 244 g/mol. The summed E-state index contributed by atoms with van der Waals surface area (Å²) in [5, 5.41) is 4.49. The third-order valence-corrected chi connectivity index (χ3v) is 2.82. The summed E-state index contributed by atoms with van der Waals surface area (Å²) in [5.74, 6) is 0. The summed E-state index contributed by atoms with van der Waals surface area (Å²) < 4.78 is 5.67. The Labute approximate surface area is 108 Å². The quantitative estimate of drug-likeness (QED) is 0.760. The Balaban J connectivity index is 1.88. The molecule has 0 bridgehead atoms. The van der Waals surface area contributed by atoms with Gasteiger partial charge in [0.25, 0.3) is 0 Å². The van der Waals surface area contributed by atoms with Crippen molar-refractivity contribution < 1.29 is 4.74 Å². The Morgan fingerprint density at radius 1 is 1.17 bits per heavy atom. The standard InChI is InChI=1S/C15H20N2O/c1-2-8-16-10-11-18-12-14-6-3-5-13-7-4-9-17-15(13)14/h3-7,9,16H,2,8,10-12H2,1H3. The third-order valence-electron chi connectivity index (χ3n) is 2.82. The highest BCUT2D eigenvalue weighted by Gasteiger charge is 2.01. The predicted molar refractivity (Wildman–Crippen MR) is 74.6 cm³/mol. The molecule has 2 aromatic rings. The number of benzene rings is 1. The van der Waals surface area contributed by atoms with Crippen LogP contribution in [0.4, 0.5) is 0 Å². The van der Waals surface area contributed by atoms with Crippen molar-refractivity contribution in [2.75, 3.05) is 19.7 Å². The van der Waals surface area contributed by atoms with Crippen molar-refractivity contribution in [3.63, 3.8) is 0 Å². The van der Waals surface area contributed by atoms with E-state index in [4.69, 9.17) is 4.74 Å². The van der Waals surface area contributed by atoms with E-state index in [1.54, 1.807) is 0 Å². The number of nitrogens with one attached hydrogen (secondary N) is 1. The summed E-state index contributed by atoms with van der Waals surface area (Å²) in [5.41, 5.74) is 2.20. The number of ether oxygens (including phenoxy) is 1. The van der Waals surface area contributed by atoms with Crippen molar-refractivity contribution in [2.24, 2.45) is 0 Å². The fourth-order valence-corrected chi connectivity index (χ4v) is 1.91. The van der Waals surface area contributed by atoms with Gasteiger partial charge >= 0.3 is 0 Å². The molecule has 18 heavy (non-hydrogen) atoms. The Morgan fingerprint density at radius 3 is 2.94 bits per heavy atom. The van der Waals surface area contributed by atoms with Gasteiger partial charge < -0.3 is 10.1 Å². The van der Waals surface area contributed by atoms with Crippen LogP contribution >= 0.6 is 0 Å². The van der Waals surface area contributed by atoms with E-state index in [1.165, 1.54) is 5.39 Å². The summed E-state index contributed by atoms with van der Waals surface area (Å²) in [6.45, 7) is 5.49. The fourth-order valence-electron chi connectivity index (χ4n) is 1.91. The van der Waals surface area contributed by atoms with Crippen LogP contribution in [0.1, 0.15) is 18.9 Å². The highest BCUT2D eigenvalue weighted by Crippen LogP contribution is 2.16. The molecule has 0 saturated heterocycles. The van der Waals surface area contributed by atoms with Crippen LogP contribution in [0.3, 0.4) is 0 Å². The molecular weight excluding hydrogens is 224 g/mol. The third kappa shape index (κ3) is 3.52. The summed E-state index contributed by atoms with van der Waals surface area (Å²) in [6, 6.07) is 10.2. The molecule has 0 aliphatic carbocycles. The van der Waals surface area contributed by atoms with Crippen molar-refractivity contribution in [2.45, 2.75) is 20.0 Å². The topological polar surface area (TPSA) is 34.1 Å². The molecule has 96 valence electrons. The van der Waals surface area contributed by atoms with E-state index in [1.807, 2.05) is 12.3 Å². The van der Waals surface area contributed by atoms with Crippen LogP contribution in [0, 0.1) is 0 Å². The maximum atomic E-state index is 5.67. The second kappa shape index (κ2) is 7.09. The first-order chi connectivity index (χ1) is 8.92. The second-order valence-corrected chi connectivity index (χ2v) is 4.29. The first-order valence-electron chi connectivity index (χ1n) is 6.53. The maximum absolute atomic E-state index is 5.67. The molecule has 2 rings (SSSR count). The Morgan fingerprint density at radius 2 is 2.06 bits per heavy atom. The highest BCUT2D eigenvalue weighted by atomic mass is 16.5. The molecule has 0 aliphatic heterocycles. The van der Waals surface area contributed by atoms with Gasteiger partial charge in [-0.1, -0.05) is 31.2 Å². The number of nitrogens with zero attached hydrogens (tertiary/aromatic N) is 1. The average molecular weight is 244 g/mol. The zero-order chi connectivity index (χ0) is 12.6. The number of rotatable bonds is 7. The molecule has 1 heterocycles. The Kier molecular flexibility index (Phi) is 5.12. The van der Waals surface area contributed by atoms with Crippen LogP contribution in [0.15, 0.2) is 36.5 Å². The van der Waals surface area contributed by atoms with Gasteiger partial charge in [-0.15, -0.1) is 0 Å². The van der Waals surface area contributed by atoms with Gasteiger partial charge in [0.1, 0.15) is 0 Å². The molecule has 0 amide bonds. The van der Waals surface area contributed by atoms with Crippen molar-refractivity contribution in [1.29, 1.82) is 0 Å². The van der Waals surface area contributed by atoms with E-state index >= 15 is 0 Å². The van der Waals surface area contributed by atoms with E-state index in [0.29, 0.717) is 6.61 Å². The van der Waals surface area contributed by atoms with Gasteiger partial charge in [0.15, 0.2) is 0 Å². The summed E-state index contributed by atoms with van der Waals surface area (Å²) >= 11 is 0. The summed E-state index contributed by atoms with van der Waals surface area (Å²) in [4.78, 5) is 4.41. The van der Waals surface area contributed by atoms with Gasteiger partial charge in [0, 0.05) is 23.7 Å². The number of para-hydroxylation sites is 1. The second-order valence-electron chi connectivity index (χ2n) is 4.29. The molecular formula is C15H20N2O. The molecule has 0 saturated carbocycles. The van der Waals surface area contributed by atoms with E-state index in [9.17, 15) is 0 Å². The molecule has 1 N–H and O–H groups in total. The van der Waals surface area contributed by atoms with Crippen LogP contribution in [0.25, 0.3) is 10.9 Å². The molecule has 0 aliphatic rings. The molecule has 0 unspecified atom stereocenters. The van der Waals surface area contributed by atoms with E-state index in [0.717, 1.165) is 37.2 Å². The van der Waals surface area contributed by atoms with Crippen LogP contribution in [0.2, 0.25) is 0 Å². The highest BCUT2D eigenvalue weighted by molar-refractivity contribution is 5.81. The zero-order valence-electron chi connectivity index (χ0n) is 10.9. The lowest BCUT2D eigenvalue weighted by Gasteiger charge is -2.07. The number of fused-ring (bicyclic) bond motifs is 1. The molecule has 0 spiro atoms. The number of aromatic nitrogens is 1. The van der Waals surface area contributed by atoms with Crippen LogP contribution in [0.5, 0.6) is 0 Å². The Hall–Kier alpha value is -1.45. The molecule has 0 atom stereocenters. The zero-order valence-corrected chi connectivity index (χ0v) is 10.9. The van der Waals surface area contributed by atoms with E-state index < -0.39 is 0 Å². The molecule has 3 heteroatoms. The van der Waals surface area contributed by atoms with Gasteiger partial charge in [-0.3, -0.25) is 4.98 Å². The smallest absolute Gasteiger partial charge is 0.0757 e. The number of hydrogen-bond donors (Lipinski definition) is 1. The van der Waals surface area contributed by atoms with Crippen molar-refractivity contribution in [1.82, 2.24) is 10.3 Å². The first-order valence-corrected chi connectivity index (χ1v) is 6.53. The molecule has 1 aromatic carbocycles. The molecule has 3 nitrogen and oxygen atoms in total. The lowest BCUT2D eigenvalue weighted by Crippen LogP contribution is -2.20. The van der Waals surface area contributed by atoms with E-state index in [2.05, 4.69) is 41.5 Å². The summed E-state index contributed by atoms with van der Waals surface area (Å²) in [7, 11) is 0. The SMILES string of the molecule is CCCNCCOCc1cccc2cccnc12. The maximum Gasteiger partial charge on any atom is 0.0757 e. The minimum absolute atomic E-state index is 0.627. The Bertz CT molecular complexity index is 479. The lowest BCUT2D eigenvalue weighted by molar-refractivity contribution is 0.123. The van der Waals surface area contributed by atoms with Gasteiger partial charge in [-0.25, -0.2) is 0 Å².